The van der Waals surface area contributed by atoms with E-state index >= 15 is 0 Å². The average Bonchev–Trinajstić information content (AvgIpc) is 2.27. The molecule has 0 radical (unpaired) electrons. The lowest BCUT2D eigenvalue weighted by atomic mass is 10.1. The molecular formula is C11H10N4O. The lowest BCUT2D eigenvalue weighted by Crippen LogP contribution is -2.08. The van der Waals surface area contributed by atoms with Crippen LogP contribution < -0.4 is 0 Å². The smallest absolute Gasteiger partial charge is 0.183 e. The van der Waals surface area contributed by atoms with Gasteiger partial charge in [0, 0.05) is 6.42 Å². The lowest BCUT2D eigenvalue weighted by Gasteiger charge is -2.03. The van der Waals surface area contributed by atoms with E-state index in [0.717, 1.165) is 0 Å². The normalized spacial score (nSPS) is 9.56. The zero-order valence-electron chi connectivity index (χ0n) is 9.06. The van der Waals surface area contributed by atoms with Crippen molar-refractivity contribution in [3.63, 3.8) is 0 Å². The molecule has 0 aliphatic carbocycles. The van der Waals surface area contributed by atoms with Gasteiger partial charge in [0.15, 0.2) is 17.2 Å². The summed E-state index contributed by atoms with van der Waals surface area (Å²) in [6, 6.07) is 3.49. The molecule has 0 spiro atoms. The van der Waals surface area contributed by atoms with Gasteiger partial charge < -0.3 is 0 Å². The maximum absolute atomic E-state index is 11.6. The number of rotatable bonds is 3. The second kappa shape index (κ2) is 4.99. The van der Waals surface area contributed by atoms with Crippen LogP contribution in [0.25, 0.3) is 0 Å². The Bertz CT molecular complexity index is 494. The van der Waals surface area contributed by atoms with Gasteiger partial charge in [0.2, 0.25) is 0 Å². The Kier molecular flexibility index (Phi) is 3.68. The monoisotopic (exact) mass is 214 g/mol. The lowest BCUT2D eigenvalue weighted by molar-refractivity contribution is 0.0962. The molecule has 5 nitrogen and oxygen atoms in total. The fourth-order valence-electron chi connectivity index (χ4n) is 1.16. The van der Waals surface area contributed by atoms with Crippen LogP contribution >= 0.6 is 0 Å². The van der Waals surface area contributed by atoms with Crippen LogP contribution in [0.1, 0.15) is 42.1 Å². The Morgan fingerprint density at radius 1 is 1.38 bits per heavy atom. The molecule has 0 aromatic carbocycles. The summed E-state index contributed by atoms with van der Waals surface area (Å²) < 4.78 is 0. The molecule has 0 saturated carbocycles. The third-order valence-electron chi connectivity index (χ3n) is 1.86. The molecule has 1 aromatic heterocycles. The molecule has 1 rings (SSSR count). The first-order chi connectivity index (χ1) is 7.58. The minimum atomic E-state index is -0.163. The summed E-state index contributed by atoms with van der Waals surface area (Å²) in [6.45, 7) is 3.83. The van der Waals surface area contributed by atoms with Gasteiger partial charge in [-0.2, -0.15) is 10.5 Å². The summed E-state index contributed by atoms with van der Waals surface area (Å²) >= 11 is 0. The van der Waals surface area contributed by atoms with E-state index in [1.54, 1.807) is 12.1 Å². The van der Waals surface area contributed by atoms with Crippen LogP contribution in [0.15, 0.2) is 6.20 Å². The second-order valence-electron chi connectivity index (χ2n) is 3.70. The van der Waals surface area contributed by atoms with Gasteiger partial charge in [-0.25, -0.2) is 9.97 Å². The number of carbonyl (C=O) groups excluding carboxylic acids is 1. The van der Waals surface area contributed by atoms with Crippen LogP contribution in [0.2, 0.25) is 0 Å². The van der Waals surface area contributed by atoms with Crippen LogP contribution in [0.4, 0.5) is 0 Å². The largest absolute Gasteiger partial charge is 0.292 e. The van der Waals surface area contributed by atoms with Crippen molar-refractivity contribution in [2.24, 2.45) is 5.92 Å². The first-order valence-electron chi connectivity index (χ1n) is 4.79. The maximum Gasteiger partial charge on any atom is 0.183 e. The average molecular weight is 214 g/mol. The minimum Gasteiger partial charge on any atom is -0.292 e. The quantitative estimate of drug-likeness (QED) is 0.710. The molecule has 0 atom stereocenters. The van der Waals surface area contributed by atoms with Gasteiger partial charge in [-0.15, -0.1) is 0 Å². The van der Waals surface area contributed by atoms with Crippen LogP contribution in [0.5, 0.6) is 0 Å². The van der Waals surface area contributed by atoms with Crippen molar-refractivity contribution in [2.45, 2.75) is 20.3 Å². The van der Waals surface area contributed by atoms with E-state index < -0.39 is 0 Å². The molecule has 0 unspecified atom stereocenters. The highest BCUT2D eigenvalue weighted by atomic mass is 16.1. The van der Waals surface area contributed by atoms with Crippen molar-refractivity contribution in [1.29, 1.82) is 10.5 Å². The van der Waals surface area contributed by atoms with Crippen LogP contribution in [-0.4, -0.2) is 15.8 Å². The number of nitriles is 2. The summed E-state index contributed by atoms with van der Waals surface area (Å²) in [5.41, 5.74) is -0.00930. The number of hydrogen-bond donors (Lipinski definition) is 0. The Morgan fingerprint density at radius 2 is 2.00 bits per heavy atom. The van der Waals surface area contributed by atoms with Crippen molar-refractivity contribution in [2.75, 3.05) is 0 Å². The summed E-state index contributed by atoms with van der Waals surface area (Å²) in [5, 5.41) is 17.4. The first-order valence-corrected chi connectivity index (χ1v) is 4.79. The highest BCUT2D eigenvalue weighted by molar-refractivity contribution is 5.94. The maximum atomic E-state index is 11.6. The molecule has 1 aromatic rings. The minimum absolute atomic E-state index is 0.0522. The highest BCUT2D eigenvalue weighted by Crippen LogP contribution is 2.08. The third-order valence-corrected chi connectivity index (χ3v) is 1.86. The van der Waals surface area contributed by atoms with Crippen molar-refractivity contribution in [3.05, 3.63) is 23.3 Å². The van der Waals surface area contributed by atoms with Crippen LogP contribution in [0, 0.1) is 28.6 Å². The number of carbonyl (C=O) groups is 1. The van der Waals surface area contributed by atoms with Crippen molar-refractivity contribution < 1.29 is 4.79 Å². The van der Waals surface area contributed by atoms with E-state index in [1.807, 2.05) is 13.8 Å². The van der Waals surface area contributed by atoms with Crippen molar-refractivity contribution in [1.82, 2.24) is 9.97 Å². The SMILES string of the molecule is CC(C)CC(=O)c1cnc(C#N)c(C#N)n1. The molecule has 80 valence electrons. The molecular weight excluding hydrogens is 204 g/mol. The van der Waals surface area contributed by atoms with E-state index in [9.17, 15) is 4.79 Å². The molecule has 1 heterocycles. The summed E-state index contributed by atoms with van der Waals surface area (Å²) in [7, 11) is 0. The predicted octanol–water partition coefficient (Wildman–Crippen LogP) is 1.45. The third kappa shape index (κ3) is 2.61. The van der Waals surface area contributed by atoms with Gasteiger partial charge >= 0.3 is 0 Å². The van der Waals surface area contributed by atoms with E-state index in [-0.39, 0.29) is 28.8 Å². The van der Waals surface area contributed by atoms with E-state index in [0.29, 0.717) is 6.42 Å². The van der Waals surface area contributed by atoms with Gasteiger partial charge in [0.05, 0.1) is 6.20 Å². The Balaban J connectivity index is 3.06. The van der Waals surface area contributed by atoms with Gasteiger partial charge in [-0.3, -0.25) is 4.79 Å². The van der Waals surface area contributed by atoms with Crippen molar-refractivity contribution in [3.8, 4) is 12.1 Å². The zero-order chi connectivity index (χ0) is 12.1. The van der Waals surface area contributed by atoms with E-state index in [4.69, 9.17) is 10.5 Å². The second-order valence-corrected chi connectivity index (χ2v) is 3.70. The highest BCUT2D eigenvalue weighted by Gasteiger charge is 2.13. The summed E-state index contributed by atoms with van der Waals surface area (Å²) in [6.07, 6.45) is 1.59. The molecule has 0 fully saturated rings. The molecule has 0 N–H and O–H groups in total. The Morgan fingerprint density at radius 3 is 2.50 bits per heavy atom. The predicted molar refractivity (Wildman–Crippen MR) is 55.2 cm³/mol. The molecule has 0 bridgehead atoms. The van der Waals surface area contributed by atoms with Crippen LogP contribution in [0.3, 0.4) is 0 Å². The molecule has 5 heteroatoms. The van der Waals surface area contributed by atoms with Crippen molar-refractivity contribution >= 4 is 5.78 Å². The number of nitrogens with zero attached hydrogens (tertiary/aromatic N) is 4. The first kappa shape index (κ1) is 11.8. The van der Waals surface area contributed by atoms with Gasteiger partial charge in [-0.05, 0) is 5.92 Å². The molecule has 0 aliphatic rings. The fraction of sp³-hybridized carbons (Fsp3) is 0.364. The zero-order valence-corrected chi connectivity index (χ0v) is 9.06. The van der Waals surface area contributed by atoms with E-state index in [2.05, 4.69) is 9.97 Å². The standard InChI is InChI=1S/C11H10N4O/c1-7(2)3-11(16)10-6-14-8(4-12)9(5-13)15-10/h6-7H,3H2,1-2H3. The van der Waals surface area contributed by atoms with Gasteiger partial charge in [0.1, 0.15) is 17.8 Å². The molecule has 0 aliphatic heterocycles. The topological polar surface area (TPSA) is 90.4 Å². The van der Waals surface area contributed by atoms with E-state index in [1.165, 1.54) is 6.20 Å². The fourth-order valence-corrected chi connectivity index (χ4v) is 1.16. The number of aromatic nitrogens is 2. The Labute approximate surface area is 93.4 Å². The summed E-state index contributed by atoms with van der Waals surface area (Å²) in [4.78, 5) is 19.2. The van der Waals surface area contributed by atoms with Crippen LogP contribution in [-0.2, 0) is 0 Å². The number of hydrogen-bond acceptors (Lipinski definition) is 5. The molecule has 0 saturated heterocycles. The number of Topliss-reactive ketones (excluding diaryl/α,β-unsaturated/α-hetero) is 1. The molecule has 16 heavy (non-hydrogen) atoms. The Hall–Kier alpha value is -2.27. The number of ketones is 1. The molecule has 0 amide bonds. The van der Waals surface area contributed by atoms with Gasteiger partial charge in [-0.1, -0.05) is 13.8 Å². The summed E-state index contributed by atoms with van der Waals surface area (Å²) in [5.74, 6) is 0.0546. The van der Waals surface area contributed by atoms with Gasteiger partial charge in [0.25, 0.3) is 0 Å².